The van der Waals surface area contributed by atoms with E-state index in [4.69, 9.17) is 5.73 Å². The molecule has 0 bridgehead atoms. The summed E-state index contributed by atoms with van der Waals surface area (Å²) in [6.45, 7) is 13.2. The van der Waals surface area contributed by atoms with E-state index in [1.54, 1.807) is 0 Å². The highest BCUT2D eigenvalue weighted by atomic mass is 35.5. The summed E-state index contributed by atoms with van der Waals surface area (Å²) in [5.74, 6) is 1.57. The monoisotopic (exact) mass is 317 g/mol. The maximum Gasteiger partial charge on any atom is 0.236 e. The largest absolute Gasteiger partial charge is 0.341 e. The van der Waals surface area contributed by atoms with Gasteiger partial charge in [0.1, 0.15) is 0 Å². The first-order chi connectivity index (χ1) is 9.28. The van der Waals surface area contributed by atoms with E-state index < -0.39 is 0 Å². The van der Waals surface area contributed by atoms with Crippen molar-refractivity contribution in [3.05, 3.63) is 0 Å². The molecule has 0 radical (unpaired) electrons. The number of hydrogen-bond acceptors (Lipinski definition) is 3. The quantitative estimate of drug-likeness (QED) is 0.847. The van der Waals surface area contributed by atoms with Gasteiger partial charge in [0.25, 0.3) is 0 Å². The maximum atomic E-state index is 12.5. The minimum Gasteiger partial charge on any atom is -0.341 e. The second-order valence-corrected chi connectivity index (χ2v) is 7.84. The molecule has 2 aliphatic rings. The smallest absolute Gasteiger partial charge is 0.236 e. The lowest BCUT2D eigenvalue weighted by Crippen LogP contribution is -2.55. The predicted octanol–water partition coefficient (Wildman–Crippen LogP) is 1.97. The lowest BCUT2D eigenvalue weighted by atomic mass is 9.80. The Labute approximate surface area is 135 Å². The molecule has 5 heteroatoms. The molecule has 1 amide bonds. The summed E-state index contributed by atoms with van der Waals surface area (Å²) in [6, 6.07) is 0.254. The number of carbonyl (C=O) groups is 1. The van der Waals surface area contributed by atoms with Crippen molar-refractivity contribution in [2.45, 2.75) is 46.6 Å². The molecule has 3 unspecified atom stereocenters. The Bertz CT molecular complexity index is 351. The summed E-state index contributed by atoms with van der Waals surface area (Å²) in [5.41, 5.74) is 6.27. The van der Waals surface area contributed by atoms with Crippen LogP contribution >= 0.6 is 12.4 Å². The van der Waals surface area contributed by atoms with Crippen LogP contribution in [0.4, 0.5) is 0 Å². The van der Waals surface area contributed by atoms with Crippen molar-refractivity contribution in [2.75, 3.05) is 32.7 Å². The van der Waals surface area contributed by atoms with Gasteiger partial charge >= 0.3 is 0 Å². The Morgan fingerprint density at radius 3 is 2.33 bits per heavy atom. The predicted molar refractivity (Wildman–Crippen MR) is 89.6 cm³/mol. The second kappa shape index (κ2) is 7.30. The molecule has 0 aromatic carbocycles. The highest BCUT2D eigenvalue weighted by Gasteiger charge is 2.35. The van der Waals surface area contributed by atoms with Gasteiger partial charge in [-0.05, 0) is 30.1 Å². The fourth-order valence-electron chi connectivity index (χ4n) is 3.78. The fraction of sp³-hybridized carbons (Fsp3) is 0.938. The topological polar surface area (TPSA) is 49.6 Å². The Hall–Kier alpha value is -0.320. The van der Waals surface area contributed by atoms with Gasteiger partial charge < -0.3 is 10.6 Å². The summed E-state index contributed by atoms with van der Waals surface area (Å²) in [5, 5.41) is 0. The van der Waals surface area contributed by atoms with Crippen LogP contribution in [0.15, 0.2) is 0 Å². The van der Waals surface area contributed by atoms with Crippen LogP contribution in [0.25, 0.3) is 0 Å². The summed E-state index contributed by atoms with van der Waals surface area (Å²) in [4.78, 5) is 16.9. The van der Waals surface area contributed by atoms with Crippen molar-refractivity contribution in [1.82, 2.24) is 9.80 Å². The van der Waals surface area contributed by atoms with Crippen molar-refractivity contribution < 1.29 is 4.79 Å². The average molecular weight is 318 g/mol. The van der Waals surface area contributed by atoms with E-state index >= 15 is 0 Å². The lowest BCUT2D eigenvalue weighted by molar-refractivity contribution is -0.136. The molecular formula is C16H32ClN3O. The van der Waals surface area contributed by atoms with Crippen LogP contribution in [0.1, 0.15) is 40.5 Å². The minimum atomic E-state index is 0. The zero-order valence-corrected chi connectivity index (χ0v) is 14.8. The zero-order valence-electron chi connectivity index (χ0n) is 14.0. The van der Waals surface area contributed by atoms with Gasteiger partial charge in [0.05, 0.1) is 6.54 Å². The van der Waals surface area contributed by atoms with Crippen LogP contribution in [0, 0.1) is 17.3 Å². The minimum absolute atomic E-state index is 0. The van der Waals surface area contributed by atoms with Crippen molar-refractivity contribution in [3.63, 3.8) is 0 Å². The summed E-state index contributed by atoms with van der Waals surface area (Å²) < 4.78 is 0. The molecule has 3 atom stereocenters. The van der Waals surface area contributed by atoms with E-state index in [0.717, 1.165) is 32.6 Å². The lowest BCUT2D eigenvalue weighted by Gasteiger charge is -2.43. The SMILES string of the molecule is CC1CC(C)CN(C(=O)CN2CCC(N)C(C)(C)C2)C1.Cl. The molecule has 2 rings (SSSR count). The van der Waals surface area contributed by atoms with Gasteiger partial charge in [0.15, 0.2) is 0 Å². The molecular weight excluding hydrogens is 286 g/mol. The number of nitrogens with zero attached hydrogens (tertiary/aromatic N) is 2. The van der Waals surface area contributed by atoms with Gasteiger partial charge in [0, 0.05) is 32.2 Å². The molecule has 2 saturated heterocycles. The highest BCUT2D eigenvalue weighted by molar-refractivity contribution is 5.85. The molecule has 2 aliphatic heterocycles. The number of nitrogens with two attached hydrogens (primary N) is 1. The third-order valence-corrected chi connectivity index (χ3v) is 4.97. The first kappa shape index (κ1) is 18.7. The number of carbonyl (C=O) groups excluding carboxylic acids is 1. The summed E-state index contributed by atoms with van der Waals surface area (Å²) >= 11 is 0. The first-order valence-electron chi connectivity index (χ1n) is 8.03. The number of piperidine rings is 2. The van der Waals surface area contributed by atoms with E-state index in [-0.39, 0.29) is 23.9 Å². The van der Waals surface area contributed by atoms with Gasteiger partial charge in [-0.2, -0.15) is 0 Å². The summed E-state index contributed by atoms with van der Waals surface area (Å²) in [6.07, 6.45) is 2.24. The molecule has 2 fully saturated rings. The molecule has 0 aromatic heterocycles. The van der Waals surface area contributed by atoms with E-state index in [2.05, 4.69) is 37.5 Å². The van der Waals surface area contributed by atoms with E-state index in [1.165, 1.54) is 6.42 Å². The number of hydrogen-bond donors (Lipinski definition) is 1. The fourth-order valence-corrected chi connectivity index (χ4v) is 3.78. The maximum absolute atomic E-state index is 12.5. The average Bonchev–Trinajstić information content (AvgIpc) is 2.32. The van der Waals surface area contributed by atoms with Crippen LogP contribution in [-0.4, -0.2) is 54.5 Å². The van der Waals surface area contributed by atoms with Gasteiger partial charge in [-0.1, -0.05) is 27.7 Å². The Morgan fingerprint density at radius 2 is 1.81 bits per heavy atom. The Morgan fingerprint density at radius 1 is 1.24 bits per heavy atom. The molecule has 0 aliphatic carbocycles. The number of rotatable bonds is 2. The number of amides is 1. The molecule has 0 aromatic rings. The third-order valence-electron chi connectivity index (χ3n) is 4.97. The van der Waals surface area contributed by atoms with Crippen LogP contribution in [0.5, 0.6) is 0 Å². The van der Waals surface area contributed by atoms with Gasteiger partial charge in [-0.3, -0.25) is 9.69 Å². The standard InChI is InChI=1S/C16H31N3O.ClH/c1-12-7-13(2)9-19(8-12)15(20)10-18-6-5-14(17)16(3,4)11-18;/h12-14H,5-11,17H2,1-4H3;1H. The normalized spacial score (nSPS) is 33.4. The van der Waals surface area contributed by atoms with Crippen molar-refractivity contribution in [2.24, 2.45) is 23.0 Å². The van der Waals surface area contributed by atoms with Crippen LogP contribution in [0.3, 0.4) is 0 Å². The molecule has 21 heavy (non-hydrogen) atoms. The van der Waals surface area contributed by atoms with Gasteiger partial charge in [-0.25, -0.2) is 0 Å². The second-order valence-electron chi connectivity index (χ2n) is 7.84. The molecule has 124 valence electrons. The molecule has 0 spiro atoms. The van der Waals surface area contributed by atoms with E-state index in [9.17, 15) is 4.79 Å². The molecule has 4 nitrogen and oxygen atoms in total. The molecule has 0 saturated carbocycles. The summed E-state index contributed by atoms with van der Waals surface area (Å²) in [7, 11) is 0. The number of likely N-dealkylation sites (tertiary alicyclic amines) is 2. The first-order valence-corrected chi connectivity index (χ1v) is 8.03. The van der Waals surface area contributed by atoms with Crippen molar-refractivity contribution >= 4 is 18.3 Å². The Kier molecular flexibility index (Phi) is 6.51. The van der Waals surface area contributed by atoms with E-state index in [0.29, 0.717) is 24.3 Å². The van der Waals surface area contributed by atoms with Gasteiger partial charge in [0.2, 0.25) is 5.91 Å². The highest BCUT2D eigenvalue weighted by Crippen LogP contribution is 2.28. The number of halogens is 1. The van der Waals surface area contributed by atoms with Crippen molar-refractivity contribution in [1.29, 1.82) is 0 Å². The molecule has 2 N–H and O–H groups in total. The zero-order chi connectivity index (χ0) is 14.9. The van der Waals surface area contributed by atoms with Gasteiger partial charge in [-0.15, -0.1) is 12.4 Å². The van der Waals surface area contributed by atoms with Crippen LogP contribution in [-0.2, 0) is 4.79 Å². The van der Waals surface area contributed by atoms with Crippen molar-refractivity contribution in [3.8, 4) is 0 Å². The third kappa shape index (κ3) is 4.83. The van der Waals surface area contributed by atoms with Crippen LogP contribution < -0.4 is 5.73 Å². The van der Waals surface area contributed by atoms with E-state index in [1.807, 2.05) is 0 Å². The Balaban J connectivity index is 0.00000220. The van der Waals surface area contributed by atoms with Crippen LogP contribution in [0.2, 0.25) is 0 Å². The molecule has 2 heterocycles.